The van der Waals surface area contributed by atoms with Crippen LogP contribution in [0.5, 0.6) is 17.4 Å². The fourth-order valence-electron chi connectivity index (χ4n) is 1.96. The summed E-state index contributed by atoms with van der Waals surface area (Å²) in [5, 5.41) is 2.76. The predicted octanol–water partition coefficient (Wildman–Crippen LogP) is 3.05. The van der Waals surface area contributed by atoms with E-state index in [1.54, 1.807) is 19.2 Å². The molecule has 0 aliphatic heterocycles. The van der Waals surface area contributed by atoms with Crippen molar-refractivity contribution in [2.24, 2.45) is 5.73 Å². The summed E-state index contributed by atoms with van der Waals surface area (Å²) in [5.41, 5.74) is 6.31. The van der Waals surface area contributed by atoms with Gasteiger partial charge in [-0.05, 0) is 31.5 Å². The Morgan fingerprint density at radius 2 is 1.96 bits per heavy atom. The van der Waals surface area contributed by atoms with Gasteiger partial charge in [0.1, 0.15) is 0 Å². The number of aromatic nitrogens is 1. The van der Waals surface area contributed by atoms with E-state index in [4.69, 9.17) is 15.2 Å². The molecule has 0 radical (unpaired) electrons. The Balaban J connectivity index is 0.00000312. The standard InChI is InChI=1S/C18H23N3O3.ClH/c1-3-11-23-15-8-4-5-9-16(15)24-18-14(7-6-10-20-18)12-21-17(22)13(2)19;/h4-10,13H,3,11-12,19H2,1-2H3,(H,21,22);1H. The van der Waals surface area contributed by atoms with E-state index in [9.17, 15) is 4.79 Å². The van der Waals surface area contributed by atoms with Gasteiger partial charge in [-0.3, -0.25) is 4.79 Å². The highest BCUT2D eigenvalue weighted by molar-refractivity contribution is 5.85. The Hall–Kier alpha value is -2.31. The molecule has 1 amide bonds. The number of hydrogen-bond donors (Lipinski definition) is 2. The molecule has 1 aromatic carbocycles. The molecule has 3 N–H and O–H groups in total. The number of benzene rings is 1. The summed E-state index contributed by atoms with van der Waals surface area (Å²) in [7, 11) is 0. The number of pyridine rings is 1. The van der Waals surface area contributed by atoms with E-state index in [0.717, 1.165) is 12.0 Å². The summed E-state index contributed by atoms with van der Waals surface area (Å²) in [6.45, 7) is 4.58. The summed E-state index contributed by atoms with van der Waals surface area (Å²) in [5.74, 6) is 1.45. The van der Waals surface area contributed by atoms with Gasteiger partial charge in [0, 0.05) is 18.3 Å². The summed E-state index contributed by atoms with van der Waals surface area (Å²) < 4.78 is 11.6. The summed E-state index contributed by atoms with van der Waals surface area (Å²) in [4.78, 5) is 15.9. The van der Waals surface area contributed by atoms with Gasteiger partial charge in [-0.25, -0.2) is 4.98 Å². The topological polar surface area (TPSA) is 86.5 Å². The highest BCUT2D eigenvalue weighted by Crippen LogP contribution is 2.31. The van der Waals surface area contributed by atoms with Gasteiger partial charge in [0.15, 0.2) is 11.5 Å². The SMILES string of the molecule is CCCOc1ccccc1Oc1ncccc1CNC(=O)C(C)N.Cl. The van der Waals surface area contributed by atoms with Crippen molar-refractivity contribution in [1.29, 1.82) is 0 Å². The molecule has 136 valence electrons. The molecule has 1 heterocycles. The monoisotopic (exact) mass is 365 g/mol. The minimum Gasteiger partial charge on any atom is -0.490 e. The molecule has 25 heavy (non-hydrogen) atoms. The van der Waals surface area contributed by atoms with Crippen molar-refractivity contribution in [2.45, 2.75) is 32.9 Å². The van der Waals surface area contributed by atoms with Gasteiger partial charge in [-0.1, -0.05) is 25.1 Å². The van der Waals surface area contributed by atoms with Gasteiger partial charge in [0.05, 0.1) is 12.6 Å². The van der Waals surface area contributed by atoms with E-state index >= 15 is 0 Å². The quantitative estimate of drug-likeness (QED) is 0.750. The molecular weight excluding hydrogens is 342 g/mol. The van der Waals surface area contributed by atoms with E-state index in [1.807, 2.05) is 37.3 Å². The fraction of sp³-hybridized carbons (Fsp3) is 0.333. The average Bonchev–Trinajstić information content (AvgIpc) is 2.59. The molecule has 0 spiro atoms. The molecule has 7 heteroatoms. The normalized spacial score (nSPS) is 11.2. The lowest BCUT2D eigenvalue weighted by atomic mass is 10.2. The van der Waals surface area contributed by atoms with Crippen molar-refractivity contribution < 1.29 is 14.3 Å². The largest absolute Gasteiger partial charge is 0.490 e. The molecule has 2 aromatic rings. The molecule has 1 atom stereocenters. The molecule has 0 aliphatic rings. The van der Waals surface area contributed by atoms with Crippen molar-refractivity contribution in [1.82, 2.24) is 10.3 Å². The lowest BCUT2D eigenvalue weighted by Crippen LogP contribution is -2.37. The number of nitrogens with two attached hydrogens (primary N) is 1. The molecule has 0 bridgehead atoms. The lowest BCUT2D eigenvalue weighted by molar-refractivity contribution is -0.122. The van der Waals surface area contributed by atoms with Crippen LogP contribution in [-0.4, -0.2) is 23.5 Å². The maximum absolute atomic E-state index is 11.6. The smallest absolute Gasteiger partial charge is 0.236 e. The number of carbonyl (C=O) groups excluding carboxylic acids is 1. The van der Waals surface area contributed by atoms with Crippen LogP contribution in [0.2, 0.25) is 0 Å². The van der Waals surface area contributed by atoms with Gasteiger partial charge >= 0.3 is 0 Å². The third-order valence-corrected chi connectivity index (χ3v) is 3.23. The van der Waals surface area contributed by atoms with E-state index in [2.05, 4.69) is 10.3 Å². The Morgan fingerprint density at radius 3 is 2.64 bits per heavy atom. The molecule has 0 fully saturated rings. The first kappa shape index (κ1) is 20.7. The van der Waals surface area contributed by atoms with Crippen LogP contribution < -0.4 is 20.5 Å². The maximum Gasteiger partial charge on any atom is 0.236 e. The zero-order chi connectivity index (χ0) is 17.4. The van der Waals surface area contributed by atoms with Crippen molar-refractivity contribution >= 4 is 18.3 Å². The highest BCUT2D eigenvalue weighted by atomic mass is 35.5. The Morgan fingerprint density at radius 1 is 1.24 bits per heavy atom. The second-order valence-corrected chi connectivity index (χ2v) is 5.37. The molecule has 1 unspecified atom stereocenters. The molecule has 0 saturated heterocycles. The van der Waals surface area contributed by atoms with Crippen LogP contribution in [0.3, 0.4) is 0 Å². The first-order valence-corrected chi connectivity index (χ1v) is 7.98. The molecule has 1 aromatic heterocycles. The molecular formula is C18H24ClN3O3. The number of nitrogens with one attached hydrogen (secondary N) is 1. The Kier molecular flexibility index (Phi) is 8.74. The maximum atomic E-state index is 11.6. The fourth-order valence-corrected chi connectivity index (χ4v) is 1.96. The van der Waals surface area contributed by atoms with E-state index in [1.165, 1.54) is 0 Å². The van der Waals surface area contributed by atoms with Crippen LogP contribution in [0.25, 0.3) is 0 Å². The first-order chi connectivity index (χ1) is 11.6. The number of halogens is 1. The van der Waals surface area contributed by atoms with Crippen LogP contribution in [0, 0.1) is 0 Å². The molecule has 0 aliphatic carbocycles. The number of para-hydroxylation sites is 2. The van der Waals surface area contributed by atoms with Crippen LogP contribution in [0.4, 0.5) is 0 Å². The van der Waals surface area contributed by atoms with E-state index in [0.29, 0.717) is 30.5 Å². The van der Waals surface area contributed by atoms with E-state index < -0.39 is 6.04 Å². The van der Waals surface area contributed by atoms with Gasteiger partial charge < -0.3 is 20.5 Å². The molecule has 0 saturated carbocycles. The minimum absolute atomic E-state index is 0. The zero-order valence-electron chi connectivity index (χ0n) is 14.4. The number of rotatable bonds is 8. The van der Waals surface area contributed by atoms with Crippen molar-refractivity contribution in [2.75, 3.05) is 6.61 Å². The third kappa shape index (κ3) is 6.25. The minimum atomic E-state index is -0.561. The Bertz CT molecular complexity index is 680. The second-order valence-electron chi connectivity index (χ2n) is 5.37. The predicted molar refractivity (Wildman–Crippen MR) is 99.3 cm³/mol. The number of ether oxygens (including phenoxy) is 2. The second kappa shape index (κ2) is 10.5. The highest BCUT2D eigenvalue weighted by Gasteiger charge is 2.12. The number of amides is 1. The van der Waals surface area contributed by atoms with Crippen LogP contribution in [0.1, 0.15) is 25.8 Å². The van der Waals surface area contributed by atoms with E-state index in [-0.39, 0.29) is 18.3 Å². The van der Waals surface area contributed by atoms with Crippen LogP contribution in [0.15, 0.2) is 42.6 Å². The van der Waals surface area contributed by atoms with Crippen molar-refractivity contribution in [3.8, 4) is 17.4 Å². The lowest BCUT2D eigenvalue weighted by Gasteiger charge is -2.14. The van der Waals surface area contributed by atoms with Gasteiger partial charge in [-0.2, -0.15) is 0 Å². The molecule has 2 rings (SSSR count). The molecule has 6 nitrogen and oxygen atoms in total. The first-order valence-electron chi connectivity index (χ1n) is 7.98. The van der Waals surface area contributed by atoms with Crippen LogP contribution >= 0.6 is 12.4 Å². The number of nitrogens with zero attached hydrogens (tertiary/aromatic N) is 1. The van der Waals surface area contributed by atoms with Crippen LogP contribution in [-0.2, 0) is 11.3 Å². The van der Waals surface area contributed by atoms with Crippen molar-refractivity contribution in [3.63, 3.8) is 0 Å². The zero-order valence-corrected chi connectivity index (χ0v) is 15.2. The number of hydrogen-bond acceptors (Lipinski definition) is 5. The van der Waals surface area contributed by atoms with Gasteiger partial charge in [0.2, 0.25) is 11.8 Å². The van der Waals surface area contributed by atoms with Crippen molar-refractivity contribution in [3.05, 3.63) is 48.2 Å². The number of carbonyl (C=O) groups is 1. The third-order valence-electron chi connectivity index (χ3n) is 3.23. The van der Waals surface area contributed by atoms with Gasteiger partial charge in [0.25, 0.3) is 0 Å². The van der Waals surface area contributed by atoms with Gasteiger partial charge in [-0.15, -0.1) is 12.4 Å². The summed E-state index contributed by atoms with van der Waals surface area (Å²) in [6, 6.07) is 10.5. The summed E-state index contributed by atoms with van der Waals surface area (Å²) >= 11 is 0. The Labute approximate surface area is 154 Å². The summed E-state index contributed by atoms with van der Waals surface area (Å²) in [6.07, 6.45) is 2.55. The average molecular weight is 366 g/mol.